The van der Waals surface area contributed by atoms with E-state index < -0.39 is 0 Å². The largest absolute Gasteiger partial charge is 0.377 e. The minimum Gasteiger partial charge on any atom is -0.377 e. The lowest BCUT2D eigenvalue weighted by atomic mass is 10.2. The zero-order valence-corrected chi connectivity index (χ0v) is 10.8. The molecule has 2 rings (SSSR count). The van der Waals surface area contributed by atoms with Crippen molar-refractivity contribution in [3.63, 3.8) is 0 Å². The van der Waals surface area contributed by atoms with E-state index >= 15 is 0 Å². The van der Waals surface area contributed by atoms with Gasteiger partial charge in [-0.3, -0.25) is 0 Å². The van der Waals surface area contributed by atoms with Gasteiger partial charge in [0, 0.05) is 23.9 Å². The highest BCUT2D eigenvalue weighted by Gasteiger charge is 2.21. The van der Waals surface area contributed by atoms with Crippen LogP contribution in [0.3, 0.4) is 0 Å². The fourth-order valence-corrected chi connectivity index (χ4v) is 2.38. The average Bonchev–Trinajstić information content (AvgIpc) is 2.99. The quantitative estimate of drug-likeness (QED) is 0.753. The molecule has 0 spiro atoms. The first-order valence-electron chi connectivity index (χ1n) is 6.26. The lowest BCUT2D eigenvalue weighted by molar-refractivity contribution is 0.0529. The second-order valence-corrected chi connectivity index (χ2v) is 5.45. The summed E-state index contributed by atoms with van der Waals surface area (Å²) in [6.07, 6.45) is 5.25. The highest BCUT2D eigenvalue weighted by molar-refractivity contribution is 7.09. The number of hydrogen-bond acceptors (Lipinski definition) is 3. The summed E-state index contributed by atoms with van der Waals surface area (Å²) in [5.74, 6) is 0. The fraction of sp³-hybridized carbons (Fsp3) is 0.692. The third-order valence-electron chi connectivity index (χ3n) is 2.95. The van der Waals surface area contributed by atoms with Crippen molar-refractivity contribution >= 4 is 11.3 Å². The Labute approximate surface area is 102 Å². The molecule has 0 aliphatic heterocycles. The van der Waals surface area contributed by atoms with Gasteiger partial charge in [0.2, 0.25) is 0 Å². The molecule has 3 heteroatoms. The second-order valence-electron chi connectivity index (χ2n) is 4.41. The van der Waals surface area contributed by atoms with Crippen LogP contribution in [0.5, 0.6) is 0 Å². The van der Waals surface area contributed by atoms with Gasteiger partial charge in [-0.05, 0) is 30.7 Å². The van der Waals surface area contributed by atoms with Crippen molar-refractivity contribution in [3.05, 3.63) is 22.4 Å². The molecule has 1 fully saturated rings. The minimum absolute atomic E-state index is 0.389. The molecule has 90 valence electrons. The van der Waals surface area contributed by atoms with E-state index in [0.717, 1.165) is 32.0 Å². The van der Waals surface area contributed by atoms with E-state index in [4.69, 9.17) is 4.74 Å². The number of thiophene rings is 1. The Bertz CT molecular complexity index is 282. The van der Waals surface area contributed by atoms with Crippen LogP contribution in [0.4, 0.5) is 0 Å². The predicted molar refractivity (Wildman–Crippen MR) is 69.1 cm³/mol. The first kappa shape index (κ1) is 12.1. The van der Waals surface area contributed by atoms with Gasteiger partial charge in [-0.25, -0.2) is 0 Å². The monoisotopic (exact) mass is 239 g/mol. The molecule has 1 aromatic heterocycles. The predicted octanol–water partition coefficient (Wildman–Crippen LogP) is 2.84. The molecule has 0 saturated heterocycles. The normalized spacial score (nSPS) is 17.6. The van der Waals surface area contributed by atoms with Gasteiger partial charge in [-0.2, -0.15) is 0 Å². The third-order valence-corrected chi connectivity index (χ3v) is 3.89. The Hall–Kier alpha value is -0.380. The smallest absolute Gasteiger partial charge is 0.0697 e. The summed E-state index contributed by atoms with van der Waals surface area (Å²) in [5, 5.41) is 5.66. The Kier molecular flexibility index (Phi) is 4.82. The molecule has 1 heterocycles. The maximum absolute atomic E-state index is 5.89. The van der Waals surface area contributed by atoms with Gasteiger partial charge in [0.1, 0.15) is 0 Å². The standard InChI is InChI=1S/C13H21NOS/c1-2-12(10-14-11-5-6-11)15-8-7-13-4-3-9-16-13/h3-4,9,11-12,14H,2,5-8,10H2,1H3. The number of nitrogens with one attached hydrogen (secondary N) is 1. The summed E-state index contributed by atoms with van der Waals surface area (Å²) in [4.78, 5) is 1.42. The van der Waals surface area contributed by atoms with Gasteiger partial charge >= 0.3 is 0 Å². The van der Waals surface area contributed by atoms with Crippen molar-refractivity contribution < 1.29 is 4.74 Å². The Morgan fingerprint density at radius 3 is 3.06 bits per heavy atom. The zero-order valence-electron chi connectivity index (χ0n) is 9.95. The van der Waals surface area contributed by atoms with E-state index in [1.54, 1.807) is 0 Å². The molecule has 1 saturated carbocycles. The van der Waals surface area contributed by atoms with Crippen LogP contribution >= 0.6 is 11.3 Å². The van der Waals surface area contributed by atoms with Crippen molar-refractivity contribution in [2.24, 2.45) is 0 Å². The Morgan fingerprint density at radius 1 is 1.56 bits per heavy atom. The summed E-state index contributed by atoms with van der Waals surface area (Å²) in [5.41, 5.74) is 0. The topological polar surface area (TPSA) is 21.3 Å². The molecule has 1 unspecified atom stereocenters. The molecule has 2 nitrogen and oxygen atoms in total. The molecule has 1 aromatic rings. The third kappa shape index (κ3) is 4.24. The molecule has 1 atom stereocenters. The molecular formula is C13H21NOS. The minimum atomic E-state index is 0.389. The van der Waals surface area contributed by atoms with Gasteiger partial charge in [0.25, 0.3) is 0 Å². The molecule has 0 aromatic carbocycles. The molecule has 0 bridgehead atoms. The van der Waals surface area contributed by atoms with E-state index in [1.165, 1.54) is 17.7 Å². The van der Waals surface area contributed by atoms with Crippen molar-refractivity contribution in [1.29, 1.82) is 0 Å². The first-order chi connectivity index (χ1) is 7.88. The van der Waals surface area contributed by atoms with Crippen LogP contribution in [-0.2, 0) is 11.2 Å². The van der Waals surface area contributed by atoms with Crippen LogP contribution < -0.4 is 5.32 Å². The van der Waals surface area contributed by atoms with Gasteiger partial charge in [0.05, 0.1) is 12.7 Å². The van der Waals surface area contributed by atoms with Crippen LogP contribution in [0.1, 0.15) is 31.1 Å². The van der Waals surface area contributed by atoms with E-state index in [2.05, 4.69) is 29.8 Å². The first-order valence-corrected chi connectivity index (χ1v) is 7.14. The van der Waals surface area contributed by atoms with Crippen LogP contribution in [-0.4, -0.2) is 25.3 Å². The van der Waals surface area contributed by atoms with E-state index in [9.17, 15) is 0 Å². The molecule has 0 radical (unpaired) electrons. The summed E-state index contributed by atoms with van der Waals surface area (Å²) in [6.45, 7) is 4.07. The molecule has 1 aliphatic carbocycles. The van der Waals surface area contributed by atoms with E-state index in [0.29, 0.717) is 6.10 Å². The van der Waals surface area contributed by atoms with E-state index in [1.807, 2.05) is 11.3 Å². The van der Waals surface area contributed by atoms with Gasteiger partial charge in [0.15, 0.2) is 0 Å². The number of hydrogen-bond donors (Lipinski definition) is 1. The summed E-state index contributed by atoms with van der Waals surface area (Å²) in [6, 6.07) is 5.07. The number of rotatable bonds is 8. The Morgan fingerprint density at radius 2 is 2.44 bits per heavy atom. The van der Waals surface area contributed by atoms with Crippen molar-refractivity contribution in [3.8, 4) is 0 Å². The van der Waals surface area contributed by atoms with Crippen molar-refractivity contribution in [1.82, 2.24) is 5.32 Å². The SMILES string of the molecule is CCC(CNC1CC1)OCCc1cccs1. The van der Waals surface area contributed by atoms with Gasteiger partial charge in [-0.1, -0.05) is 13.0 Å². The lowest BCUT2D eigenvalue weighted by Gasteiger charge is -2.16. The molecule has 1 N–H and O–H groups in total. The highest BCUT2D eigenvalue weighted by atomic mass is 32.1. The molecular weight excluding hydrogens is 218 g/mol. The Balaban J connectivity index is 1.58. The maximum Gasteiger partial charge on any atom is 0.0697 e. The van der Waals surface area contributed by atoms with Crippen molar-refractivity contribution in [2.75, 3.05) is 13.2 Å². The van der Waals surface area contributed by atoms with Gasteiger partial charge < -0.3 is 10.1 Å². The van der Waals surface area contributed by atoms with Gasteiger partial charge in [-0.15, -0.1) is 11.3 Å². The average molecular weight is 239 g/mol. The molecule has 16 heavy (non-hydrogen) atoms. The maximum atomic E-state index is 5.89. The zero-order chi connectivity index (χ0) is 11.2. The van der Waals surface area contributed by atoms with Crippen LogP contribution in [0.15, 0.2) is 17.5 Å². The van der Waals surface area contributed by atoms with Crippen LogP contribution in [0.25, 0.3) is 0 Å². The highest BCUT2D eigenvalue weighted by Crippen LogP contribution is 2.18. The van der Waals surface area contributed by atoms with Crippen LogP contribution in [0, 0.1) is 0 Å². The fourth-order valence-electron chi connectivity index (χ4n) is 1.69. The number of ether oxygens (including phenoxy) is 1. The molecule has 0 amide bonds. The summed E-state index contributed by atoms with van der Waals surface area (Å²) >= 11 is 1.81. The summed E-state index contributed by atoms with van der Waals surface area (Å²) < 4.78 is 5.89. The molecule has 1 aliphatic rings. The van der Waals surface area contributed by atoms with Crippen LogP contribution in [0.2, 0.25) is 0 Å². The summed E-state index contributed by atoms with van der Waals surface area (Å²) in [7, 11) is 0. The second kappa shape index (κ2) is 6.38. The van der Waals surface area contributed by atoms with Crippen molar-refractivity contribution in [2.45, 2.75) is 44.8 Å². The lowest BCUT2D eigenvalue weighted by Crippen LogP contribution is -2.30. The van der Waals surface area contributed by atoms with E-state index in [-0.39, 0.29) is 0 Å².